The quantitative estimate of drug-likeness (QED) is 0.328. The number of fused-ring (bicyclic) bond motifs is 1. The molecule has 0 aliphatic carbocycles. The Morgan fingerprint density at radius 2 is 2.33 bits per heavy atom. The number of aliphatic imine (C=N–C) groups is 1. The lowest BCUT2D eigenvalue weighted by Crippen LogP contribution is -2.42. The van der Waals surface area contributed by atoms with E-state index in [1.807, 2.05) is 30.4 Å². The SMILES string of the molecule is CN=C(NCCCSC)NC1CCCn2nc(C)nc21.I. The fourth-order valence-corrected chi connectivity index (χ4v) is 2.82. The van der Waals surface area contributed by atoms with E-state index in [4.69, 9.17) is 0 Å². The normalized spacial score (nSPS) is 17.9. The van der Waals surface area contributed by atoms with Crippen LogP contribution < -0.4 is 10.6 Å². The molecule has 1 aliphatic rings. The van der Waals surface area contributed by atoms with Gasteiger partial charge >= 0.3 is 0 Å². The van der Waals surface area contributed by atoms with Crippen molar-refractivity contribution in [2.75, 3.05) is 25.6 Å². The van der Waals surface area contributed by atoms with Crippen molar-refractivity contribution in [3.63, 3.8) is 0 Å². The molecular weight excluding hydrogens is 399 g/mol. The van der Waals surface area contributed by atoms with Gasteiger partial charge in [-0.15, -0.1) is 24.0 Å². The minimum atomic E-state index is 0. The lowest BCUT2D eigenvalue weighted by Gasteiger charge is -2.25. The first-order chi connectivity index (χ1) is 9.74. The van der Waals surface area contributed by atoms with Crippen LogP contribution in [0.4, 0.5) is 0 Å². The van der Waals surface area contributed by atoms with Crippen molar-refractivity contribution in [2.45, 2.75) is 38.8 Å². The topological polar surface area (TPSA) is 67.1 Å². The number of aromatic nitrogens is 3. The number of rotatable bonds is 5. The summed E-state index contributed by atoms with van der Waals surface area (Å²) in [5.41, 5.74) is 0. The average molecular weight is 424 g/mol. The van der Waals surface area contributed by atoms with Gasteiger partial charge in [0.2, 0.25) is 0 Å². The number of hydrogen-bond acceptors (Lipinski definition) is 4. The van der Waals surface area contributed by atoms with Gasteiger partial charge in [0.05, 0.1) is 6.04 Å². The highest BCUT2D eigenvalue weighted by atomic mass is 127. The molecule has 0 saturated heterocycles. The third kappa shape index (κ3) is 5.32. The molecule has 21 heavy (non-hydrogen) atoms. The smallest absolute Gasteiger partial charge is 0.191 e. The van der Waals surface area contributed by atoms with Crippen molar-refractivity contribution >= 4 is 41.7 Å². The predicted octanol–water partition coefficient (Wildman–Crippen LogP) is 1.96. The summed E-state index contributed by atoms with van der Waals surface area (Å²) >= 11 is 1.87. The second-order valence-electron chi connectivity index (χ2n) is 4.92. The van der Waals surface area contributed by atoms with Gasteiger partial charge in [-0.2, -0.15) is 16.9 Å². The Bertz CT molecular complexity index is 462. The molecule has 1 aromatic rings. The summed E-state index contributed by atoms with van der Waals surface area (Å²) in [4.78, 5) is 8.82. The van der Waals surface area contributed by atoms with Crippen molar-refractivity contribution in [3.8, 4) is 0 Å². The minimum absolute atomic E-state index is 0. The highest BCUT2D eigenvalue weighted by molar-refractivity contribution is 14.0. The van der Waals surface area contributed by atoms with E-state index in [-0.39, 0.29) is 30.0 Å². The Morgan fingerprint density at radius 1 is 1.52 bits per heavy atom. The van der Waals surface area contributed by atoms with Crippen LogP contribution in [0.3, 0.4) is 0 Å². The molecule has 120 valence electrons. The van der Waals surface area contributed by atoms with E-state index in [0.29, 0.717) is 0 Å². The van der Waals surface area contributed by atoms with Crippen LogP contribution in [-0.4, -0.2) is 46.3 Å². The molecule has 0 fully saturated rings. The number of nitrogens with zero attached hydrogens (tertiary/aromatic N) is 4. The second kappa shape index (κ2) is 9.50. The minimum Gasteiger partial charge on any atom is -0.356 e. The first-order valence-corrected chi connectivity index (χ1v) is 8.51. The van der Waals surface area contributed by atoms with E-state index in [9.17, 15) is 0 Å². The molecule has 2 heterocycles. The fourth-order valence-electron chi connectivity index (χ4n) is 2.39. The van der Waals surface area contributed by atoms with E-state index in [2.05, 4.69) is 32.0 Å². The molecule has 0 amide bonds. The van der Waals surface area contributed by atoms with Gasteiger partial charge in [-0.3, -0.25) is 4.99 Å². The summed E-state index contributed by atoms with van der Waals surface area (Å²) < 4.78 is 2.01. The molecular formula is C13H25IN6S. The first kappa shape index (κ1) is 18.5. The van der Waals surface area contributed by atoms with Gasteiger partial charge < -0.3 is 10.6 Å². The van der Waals surface area contributed by atoms with E-state index < -0.39 is 0 Å². The predicted molar refractivity (Wildman–Crippen MR) is 99.6 cm³/mol. The molecule has 0 saturated carbocycles. The van der Waals surface area contributed by atoms with E-state index in [0.717, 1.165) is 50.0 Å². The van der Waals surface area contributed by atoms with Crippen molar-refractivity contribution in [1.29, 1.82) is 0 Å². The van der Waals surface area contributed by atoms with Crippen LogP contribution in [0, 0.1) is 6.92 Å². The fraction of sp³-hybridized carbons (Fsp3) is 0.769. The first-order valence-electron chi connectivity index (χ1n) is 7.12. The van der Waals surface area contributed by atoms with Gasteiger partial charge in [-0.25, -0.2) is 9.67 Å². The summed E-state index contributed by atoms with van der Waals surface area (Å²) in [5, 5.41) is 11.2. The zero-order valence-electron chi connectivity index (χ0n) is 12.9. The highest BCUT2D eigenvalue weighted by Crippen LogP contribution is 2.22. The van der Waals surface area contributed by atoms with Crippen LogP contribution in [0.25, 0.3) is 0 Å². The van der Waals surface area contributed by atoms with Gasteiger partial charge in [-0.1, -0.05) is 0 Å². The number of nitrogens with one attached hydrogen (secondary N) is 2. The van der Waals surface area contributed by atoms with Crippen LogP contribution in [0.15, 0.2) is 4.99 Å². The molecule has 1 aromatic heterocycles. The van der Waals surface area contributed by atoms with Crippen molar-refractivity contribution in [2.24, 2.45) is 4.99 Å². The molecule has 1 unspecified atom stereocenters. The number of guanidine groups is 1. The lowest BCUT2D eigenvalue weighted by atomic mass is 10.1. The maximum atomic E-state index is 4.53. The van der Waals surface area contributed by atoms with Crippen LogP contribution in [-0.2, 0) is 6.54 Å². The third-order valence-electron chi connectivity index (χ3n) is 3.33. The summed E-state index contributed by atoms with van der Waals surface area (Å²) in [6, 6.07) is 0.205. The molecule has 2 N–H and O–H groups in total. The van der Waals surface area contributed by atoms with Gasteiger partial charge in [0.25, 0.3) is 0 Å². The molecule has 8 heteroatoms. The van der Waals surface area contributed by atoms with Crippen molar-refractivity contribution in [1.82, 2.24) is 25.4 Å². The molecule has 1 aliphatic heterocycles. The Kier molecular flexibility index (Phi) is 8.38. The number of thioether (sulfide) groups is 1. The van der Waals surface area contributed by atoms with Crippen LogP contribution in [0.1, 0.15) is 37.0 Å². The molecule has 0 bridgehead atoms. The highest BCUT2D eigenvalue weighted by Gasteiger charge is 2.24. The molecule has 0 radical (unpaired) electrons. The Hall–Kier alpha value is -0.510. The van der Waals surface area contributed by atoms with Crippen molar-refractivity contribution < 1.29 is 0 Å². The molecule has 6 nitrogen and oxygen atoms in total. The second-order valence-corrected chi connectivity index (χ2v) is 5.91. The molecule has 2 rings (SSSR count). The molecule has 0 spiro atoms. The lowest BCUT2D eigenvalue weighted by molar-refractivity contribution is 0.397. The number of hydrogen-bond donors (Lipinski definition) is 2. The third-order valence-corrected chi connectivity index (χ3v) is 4.03. The van der Waals surface area contributed by atoms with E-state index in [1.54, 1.807) is 0 Å². The summed E-state index contributed by atoms with van der Waals surface area (Å²) in [5.74, 6) is 3.89. The van der Waals surface area contributed by atoms with E-state index >= 15 is 0 Å². The zero-order valence-corrected chi connectivity index (χ0v) is 16.1. The summed E-state index contributed by atoms with van der Waals surface area (Å²) in [6.45, 7) is 3.85. The Balaban J connectivity index is 0.00000220. The van der Waals surface area contributed by atoms with E-state index in [1.165, 1.54) is 5.75 Å². The number of halogens is 1. The monoisotopic (exact) mass is 424 g/mol. The Morgan fingerprint density at radius 3 is 3.05 bits per heavy atom. The molecule has 1 atom stereocenters. The maximum absolute atomic E-state index is 4.53. The van der Waals surface area contributed by atoms with Gasteiger partial charge in [-0.05, 0) is 38.2 Å². The van der Waals surface area contributed by atoms with Crippen LogP contribution >= 0.6 is 35.7 Å². The van der Waals surface area contributed by atoms with Gasteiger partial charge in [0, 0.05) is 20.1 Å². The molecule has 0 aromatic carbocycles. The van der Waals surface area contributed by atoms with Crippen molar-refractivity contribution in [3.05, 3.63) is 11.6 Å². The summed E-state index contributed by atoms with van der Waals surface area (Å²) in [7, 11) is 1.81. The van der Waals surface area contributed by atoms with Gasteiger partial charge in [0.15, 0.2) is 5.96 Å². The van der Waals surface area contributed by atoms with Crippen LogP contribution in [0.2, 0.25) is 0 Å². The number of aryl methyl sites for hydroxylation is 2. The zero-order chi connectivity index (χ0) is 14.4. The Labute approximate surface area is 148 Å². The average Bonchev–Trinajstić information content (AvgIpc) is 2.83. The van der Waals surface area contributed by atoms with Crippen LogP contribution in [0.5, 0.6) is 0 Å². The maximum Gasteiger partial charge on any atom is 0.191 e. The van der Waals surface area contributed by atoms with Gasteiger partial charge in [0.1, 0.15) is 11.6 Å². The largest absolute Gasteiger partial charge is 0.356 e. The summed E-state index contributed by atoms with van der Waals surface area (Å²) in [6.07, 6.45) is 5.46. The standard InChI is InChI=1S/C13H24N6S.HI/c1-10-16-12-11(6-4-8-19(12)18-10)17-13(14-2)15-7-5-9-20-3;/h11H,4-9H2,1-3H3,(H2,14,15,17);1H.